The molecule has 6 nitrogen and oxygen atoms in total. The van der Waals surface area contributed by atoms with Crippen molar-refractivity contribution in [3.8, 4) is 11.4 Å². The van der Waals surface area contributed by atoms with E-state index < -0.39 is 0 Å². The number of methoxy groups -OCH3 is 1. The van der Waals surface area contributed by atoms with Crippen molar-refractivity contribution in [2.24, 2.45) is 0 Å². The van der Waals surface area contributed by atoms with E-state index in [4.69, 9.17) is 9.84 Å². The standard InChI is InChI=1S/C9H10N4O2/c1-15-8-4-2-7(3-5-8)13-9(6-14)10-11-12-13/h2-5,14H,6H2,1H3. The summed E-state index contributed by atoms with van der Waals surface area (Å²) < 4.78 is 6.50. The first-order chi connectivity index (χ1) is 7.35. The van der Waals surface area contributed by atoms with E-state index in [-0.39, 0.29) is 6.61 Å². The van der Waals surface area contributed by atoms with Crippen LogP contribution in [0.15, 0.2) is 24.3 Å². The average Bonchev–Trinajstić information content (AvgIpc) is 2.77. The van der Waals surface area contributed by atoms with Crippen molar-refractivity contribution in [2.75, 3.05) is 7.11 Å². The highest BCUT2D eigenvalue weighted by Gasteiger charge is 2.06. The number of aliphatic hydroxyl groups is 1. The largest absolute Gasteiger partial charge is 0.497 e. The second kappa shape index (κ2) is 4.05. The van der Waals surface area contributed by atoms with Gasteiger partial charge >= 0.3 is 0 Å². The predicted octanol–water partition coefficient (Wildman–Crippen LogP) is 0.163. The van der Waals surface area contributed by atoms with Gasteiger partial charge in [-0.1, -0.05) is 0 Å². The summed E-state index contributed by atoms with van der Waals surface area (Å²) in [5.74, 6) is 1.16. The van der Waals surface area contributed by atoms with Crippen LogP contribution in [0.4, 0.5) is 0 Å². The Morgan fingerprint density at radius 1 is 1.33 bits per heavy atom. The van der Waals surface area contributed by atoms with Crippen LogP contribution in [0, 0.1) is 0 Å². The van der Waals surface area contributed by atoms with Gasteiger partial charge < -0.3 is 9.84 Å². The van der Waals surface area contributed by atoms with Crippen LogP contribution in [0.5, 0.6) is 5.75 Å². The molecule has 2 aromatic rings. The van der Waals surface area contributed by atoms with Crippen LogP contribution >= 0.6 is 0 Å². The Morgan fingerprint density at radius 3 is 2.67 bits per heavy atom. The van der Waals surface area contributed by atoms with Crippen molar-refractivity contribution < 1.29 is 9.84 Å². The molecule has 0 aliphatic rings. The molecule has 0 unspecified atom stereocenters. The van der Waals surface area contributed by atoms with Crippen LogP contribution < -0.4 is 4.74 Å². The van der Waals surface area contributed by atoms with Gasteiger partial charge in [-0.25, -0.2) is 0 Å². The quantitative estimate of drug-likeness (QED) is 0.774. The van der Waals surface area contributed by atoms with E-state index in [1.807, 2.05) is 12.1 Å². The Labute approximate surface area is 86.1 Å². The van der Waals surface area contributed by atoms with Crippen molar-refractivity contribution >= 4 is 0 Å². The zero-order valence-electron chi connectivity index (χ0n) is 8.16. The van der Waals surface area contributed by atoms with Crippen LogP contribution in [0.2, 0.25) is 0 Å². The van der Waals surface area contributed by atoms with Gasteiger partial charge in [-0.15, -0.1) is 5.10 Å². The molecule has 15 heavy (non-hydrogen) atoms. The van der Waals surface area contributed by atoms with Gasteiger partial charge in [0.05, 0.1) is 12.8 Å². The van der Waals surface area contributed by atoms with Crippen molar-refractivity contribution in [3.63, 3.8) is 0 Å². The molecule has 1 aromatic carbocycles. The summed E-state index contributed by atoms with van der Waals surface area (Å²) in [6.07, 6.45) is 0. The normalized spacial score (nSPS) is 10.3. The van der Waals surface area contributed by atoms with Gasteiger partial charge in [0.15, 0.2) is 5.82 Å². The predicted molar refractivity (Wildman–Crippen MR) is 51.6 cm³/mol. The summed E-state index contributed by atoms with van der Waals surface area (Å²) in [5.41, 5.74) is 0.782. The summed E-state index contributed by atoms with van der Waals surface area (Å²) in [6.45, 7) is -0.195. The molecule has 0 atom stereocenters. The Kier molecular flexibility index (Phi) is 2.59. The molecule has 0 spiro atoms. The Morgan fingerprint density at radius 2 is 2.07 bits per heavy atom. The lowest BCUT2D eigenvalue weighted by Crippen LogP contribution is -2.02. The molecule has 6 heteroatoms. The lowest BCUT2D eigenvalue weighted by atomic mass is 10.3. The Bertz CT molecular complexity index is 438. The van der Waals surface area contributed by atoms with Crippen molar-refractivity contribution in [1.82, 2.24) is 20.2 Å². The number of rotatable bonds is 3. The second-order valence-electron chi connectivity index (χ2n) is 2.86. The highest BCUT2D eigenvalue weighted by atomic mass is 16.5. The van der Waals surface area contributed by atoms with Gasteiger partial charge in [0.2, 0.25) is 0 Å². The SMILES string of the molecule is COc1ccc(-n2nnnc2CO)cc1. The molecule has 0 radical (unpaired) electrons. The van der Waals surface area contributed by atoms with Gasteiger partial charge in [0.1, 0.15) is 12.4 Å². The second-order valence-corrected chi connectivity index (χ2v) is 2.86. The topological polar surface area (TPSA) is 73.1 Å². The summed E-state index contributed by atoms with van der Waals surface area (Å²) in [5, 5.41) is 19.9. The highest BCUT2D eigenvalue weighted by Crippen LogP contribution is 2.14. The molecule has 1 N–H and O–H groups in total. The first-order valence-corrected chi connectivity index (χ1v) is 4.37. The minimum Gasteiger partial charge on any atom is -0.497 e. The lowest BCUT2D eigenvalue weighted by Gasteiger charge is -2.03. The third kappa shape index (κ3) is 1.79. The number of hydrogen-bond acceptors (Lipinski definition) is 5. The van der Waals surface area contributed by atoms with Gasteiger partial charge in [-0.3, -0.25) is 0 Å². The molecule has 0 aliphatic carbocycles. The van der Waals surface area contributed by atoms with E-state index in [9.17, 15) is 0 Å². The van der Waals surface area contributed by atoms with Crippen LogP contribution in [0.25, 0.3) is 5.69 Å². The van der Waals surface area contributed by atoms with E-state index in [1.165, 1.54) is 4.68 Å². The van der Waals surface area contributed by atoms with Gasteiger partial charge in [0, 0.05) is 0 Å². The summed E-state index contributed by atoms with van der Waals surface area (Å²) in [7, 11) is 1.60. The molecular formula is C9H10N4O2. The summed E-state index contributed by atoms with van der Waals surface area (Å²) >= 11 is 0. The number of benzene rings is 1. The maximum atomic E-state index is 8.98. The average molecular weight is 206 g/mol. The number of ether oxygens (including phenoxy) is 1. The Balaban J connectivity index is 2.37. The zero-order chi connectivity index (χ0) is 10.7. The fraction of sp³-hybridized carbons (Fsp3) is 0.222. The van der Waals surface area contributed by atoms with Crippen molar-refractivity contribution in [3.05, 3.63) is 30.1 Å². The van der Waals surface area contributed by atoms with Crippen LogP contribution in [-0.2, 0) is 6.61 Å². The minimum absolute atomic E-state index is 0.195. The zero-order valence-corrected chi connectivity index (χ0v) is 8.16. The molecular weight excluding hydrogens is 196 g/mol. The van der Waals surface area contributed by atoms with E-state index in [1.54, 1.807) is 19.2 Å². The number of aromatic nitrogens is 4. The van der Waals surface area contributed by atoms with Crippen molar-refractivity contribution in [1.29, 1.82) is 0 Å². The smallest absolute Gasteiger partial charge is 0.182 e. The van der Waals surface area contributed by atoms with Crippen LogP contribution in [0.3, 0.4) is 0 Å². The molecule has 0 bridgehead atoms. The molecule has 0 aliphatic heterocycles. The molecule has 1 aromatic heterocycles. The fourth-order valence-corrected chi connectivity index (χ4v) is 1.23. The molecule has 0 fully saturated rings. The molecule has 78 valence electrons. The third-order valence-corrected chi connectivity index (χ3v) is 1.99. The van der Waals surface area contributed by atoms with E-state index in [0.29, 0.717) is 5.82 Å². The molecule has 0 saturated carbocycles. The fourth-order valence-electron chi connectivity index (χ4n) is 1.23. The first-order valence-electron chi connectivity index (χ1n) is 4.37. The molecule has 0 amide bonds. The van der Waals surface area contributed by atoms with Gasteiger partial charge in [-0.2, -0.15) is 4.68 Å². The van der Waals surface area contributed by atoms with E-state index >= 15 is 0 Å². The number of aliphatic hydroxyl groups excluding tert-OH is 1. The van der Waals surface area contributed by atoms with Crippen LogP contribution in [0.1, 0.15) is 5.82 Å². The van der Waals surface area contributed by atoms with Crippen LogP contribution in [-0.4, -0.2) is 32.4 Å². The lowest BCUT2D eigenvalue weighted by molar-refractivity contribution is 0.268. The minimum atomic E-state index is -0.195. The first kappa shape index (κ1) is 9.60. The highest BCUT2D eigenvalue weighted by molar-refractivity contribution is 5.36. The number of tetrazole rings is 1. The molecule has 1 heterocycles. The van der Waals surface area contributed by atoms with E-state index in [0.717, 1.165) is 11.4 Å². The maximum Gasteiger partial charge on any atom is 0.182 e. The van der Waals surface area contributed by atoms with Gasteiger partial charge in [-0.05, 0) is 34.7 Å². The number of hydrogen-bond donors (Lipinski definition) is 1. The van der Waals surface area contributed by atoms with Gasteiger partial charge in [0.25, 0.3) is 0 Å². The molecule has 2 rings (SSSR count). The third-order valence-electron chi connectivity index (χ3n) is 1.99. The summed E-state index contributed by atoms with van der Waals surface area (Å²) in [6, 6.07) is 7.24. The maximum absolute atomic E-state index is 8.98. The molecule has 0 saturated heterocycles. The number of nitrogens with zero attached hydrogens (tertiary/aromatic N) is 4. The monoisotopic (exact) mass is 206 g/mol. The van der Waals surface area contributed by atoms with Crippen molar-refractivity contribution in [2.45, 2.75) is 6.61 Å². The Hall–Kier alpha value is -1.95. The summed E-state index contributed by atoms with van der Waals surface area (Å²) in [4.78, 5) is 0. The van der Waals surface area contributed by atoms with E-state index in [2.05, 4.69) is 15.5 Å².